The summed E-state index contributed by atoms with van der Waals surface area (Å²) in [6.45, 7) is 2.15. The van der Waals surface area contributed by atoms with Gasteiger partial charge < -0.3 is 11.1 Å². The molecule has 0 spiro atoms. The number of fused-ring (bicyclic) bond motifs is 1. The molecule has 0 radical (unpaired) electrons. The van der Waals surface area contributed by atoms with Crippen molar-refractivity contribution in [1.82, 2.24) is 0 Å². The molecule has 1 fully saturated rings. The van der Waals surface area contributed by atoms with E-state index in [2.05, 4.69) is 12.2 Å². The molecule has 1 aromatic heterocycles. The molecule has 3 rings (SSSR count). The topological polar surface area (TPSA) is 55.1 Å². The second-order valence-electron chi connectivity index (χ2n) is 6.27. The van der Waals surface area contributed by atoms with Gasteiger partial charge in [0, 0.05) is 17.3 Å². The number of aryl methyl sites for hydroxylation is 1. The van der Waals surface area contributed by atoms with Crippen molar-refractivity contribution in [2.75, 3.05) is 5.32 Å². The molecule has 3 nitrogen and oxygen atoms in total. The number of amides is 1. The Morgan fingerprint density at radius 2 is 2.10 bits per heavy atom. The number of carbonyl (C=O) groups excluding carboxylic acids is 1. The summed E-state index contributed by atoms with van der Waals surface area (Å²) in [5, 5.41) is 4.22. The minimum absolute atomic E-state index is 0.147. The van der Waals surface area contributed by atoms with Gasteiger partial charge in [-0.15, -0.1) is 11.3 Å². The SMILES string of the molecule is Cc1c(NC(=O)C[C@@H]2CCC[C@H]2N)sc2c1CCCC2. The quantitative estimate of drug-likeness (QED) is 0.897. The summed E-state index contributed by atoms with van der Waals surface area (Å²) in [6, 6.07) is 0.221. The highest BCUT2D eigenvalue weighted by Gasteiger charge is 2.27. The molecule has 0 aromatic carbocycles. The van der Waals surface area contributed by atoms with Gasteiger partial charge in [0.1, 0.15) is 0 Å². The van der Waals surface area contributed by atoms with E-state index in [1.54, 1.807) is 11.3 Å². The molecule has 2 aliphatic carbocycles. The van der Waals surface area contributed by atoms with Gasteiger partial charge in [-0.2, -0.15) is 0 Å². The number of nitrogens with two attached hydrogens (primary N) is 1. The number of thiophene rings is 1. The average Bonchev–Trinajstić information content (AvgIpc) is 2.96. The fraction of sp³-hybridized carbons (Fsp3) is 0.688. The highest BCUT2D eigenvalue weighted by molar-refractivity contribution is 7.16. The lowest BCUT2D eigenvalue weighted by atomic mass is 9.96. The van der Waals surface area contributed by atoms with Crippen LogP contribution in [0.5, 0.6) is 0 Å². The van der Waals surface area contributed by atoms with Crippen LogP contribution < -0.4 is 11.1 Å². The summed E-state index contributed by atoms with van der Waals surface area (Å²) >= 11 is 1.79. The van der Waals surface area contributed by atoms with Crippen molar-refractivity contribution < 1.29 is 4.79 Å². The number of hydrogen-bond acceptors (Lipinski definition) is 3. The predicted octanol–water partition coefficient (Wildman–Crippen LogP) is 3.39. The first kappa shape index (κ1) is 14.1. The number of nitrogens with one attached hydrogen (secondary N) is 1. The summed E-state index contributed by atoms with van der Waals surface area (Å²) in [6.07, 6.45) is 8.88. The van der Waals surface area contributed by atoms with Crippen LogP contribution in [0, 0.1) is 12.8 Å². The van der Waals surface area contributed by atoms with Crippen LogP contribution in [0.1, 0.15) is 54.5 Å². The third-order valence-electron chi connectivity index (χ3n) is 4.85. The molecule has 1 heterocycles. The fourth-order valence-corrected chi connectivity index (χ4v) is 4.89. The van der Waals surface area contributed by atoms with Crippen LogP contribution in [-0.2, 0) is 17.6 Å². The first-order chi connectivity index (χ1) is 9.65. The minimum atomic E-state index is 0.147. The summed E-state index contributed by atoms with van der Waals surface area (Å²) in [4.78, 5) is 13.7. The maximum absolute atomic E-state index is 12.2. The zero-order valence-corrected chi connectivity index (χ0v) is 13.0. The molecule has 0 bridgehead atoms. The molecule has 0 saturated heterocycles. The summed E-state index contributed by atoms with van der Waals surface area (Å²) < 4.78 is 0. The Balaban J connectivity index is 1.65. The van der Waals surface area contributed by atoms with E-state index in [1.807, 2.05) is 0 Å². The Bertz CT molecular complexity index is 509. The third kappa shape index (κ3) is 2.77. The lowest BCUT2D eigenvalue weighted by Crippen LogP contribution is -2.28. The van der Waals surface area contributed by atoms with Crippen molar-refractivity contribution >= 4 is 22.2 Å². The van der Waals surface area contributed by atoms with Gasteiger partial charge >= 0.3 is 0 Å². The molecule has 0 unspecified atom stereocenters. The zero-order valence-electron chi connectivity index (χ0n) is 12.2. The van der Waals surface area contributed by atoms with E-state index in [4.69, 9.17) is 5.73 Å². The maximum atomic E-state index is 12.2. The van der Waals surface area contributed by atoms with Crippen LogP contribution in [0.25, 0.3) is 0 Å². The summed E-state index contributed by atoms with van der Waals surface area (Å²) in [5.41, 5.74) is 8.85. The summed E-state index contributed by atoms with van der Waals surface area (Å²) in [7, 11) is 0. The van der Waals surface area contributed by atoms with Gasteiger partial charge in [0.25, 0.3) is 0 Å². The van der Waals surface area contributed by atoms with Crippen LogP contribution in [0.4, 0.5) is 5.00 Å². The first-order valence-electron chi connectivity index (χ1n) is 7.81. The molecule has 3 N–H and O–H groups in total. The monoisotopic (exact) mass is 292 g/mol. The van der Waals surface area contributed by atoms with E-state index in [0.717, 1.165) is 17.8 Å². The molecular formula is C16H24N2OS. The van der Waals surface area contributed by atoms with E-state index in [9.17, 15) is 4.79 Å². The van der Waals surface area contributed by atoms with Crippen molar-refractivity contribution in [3.05, 3.63) is 16.0 Å². The van der Waals surface area contributed by atoms with E-state index in [0.29, 0.717) is 12.3 Å². The van der Waals surface area contributed by atoms with Crippen LogP contribution >= 0.6 is 11.3 Å². The fourth-order valence-electron chi connectivity index (χ4n) is 3.58. The molecule has 0 aliphatic heterocycles. The van der Waals surface area contributed by atoms with Gasteiger partial charge in [0.2, 0.25) is 5.91 Å². The second kappa shape index (κ2) is 5.86. The van der Waals surface area contributed by atoms with Crippen LogP contribution in [0.3, 0.4) is 0 Å². The van der Waals surface area contributed by atoms with Crippen LogP contribution in [-0.4, -0.2) is 11.9 Å². The smallest absolute Gasteiger partial charge is 0.225 e. The van der Waals surface area contributed by atoms with E-state index >= 15 is 0 Å². The Morgan fingerprint density at radius 3 is 2.80 bits per heavy atom. The molecule has 2 aliphatic rings. The van der Waals surface area contributed by atoms with E-state index in [1.165, 1.54) is 48.1 Å². The largest absolute Gasteiger partial charge is 0.327 e. The molecule has 1 amide bonds. The van der Waals surface area contributed by atoms with Crippen molar-refractivity contribution in [1.29, 1.82) is 0 Å². The normalized spacial score (nSPS) is 25.5. The van der Waals surface area contributed by atoms with Gasteiger partial charge in [0.15, 0.2) is 0 Å². The Morgan fingerprint density at radius 1 is 1.30 bits per heavy atom. The molecule has 2 atom stereocenters. The Labute approximate surface area is 124 Å². The van der Waals surface area contributed by atoms with E-state index in [-0.39, 0.29) is 11.9 Å². The number of anilines is 1. The molecule has 4 heteroatoms. The van der Waals surface area contributed by atoms with Crippen LogP contribution in [0.15, 0.2) is 0 Å². The number of carbonyl (C=O) groups is 1. The molecule has 20 heavy (non-hydrogen) atoms. The maximum Gasteiger partial charge on any atom is 0.225 e. The standard InChI is InChI=1S/C16H24N2OS/c1-10-12-6-2-3-8-14(12)20-16(10)18-15(19)9-11-5-4-7-13(11)17/h11,13H,2-9,17H2,1H3,(H,18,19)/t11-,13+/m0/s1. The third-order valence-corrected chi connectivity index (χ3v) is 6.16. The second-order valence-corrected chi connectivity index (χ2v) is 7.38. The van der Waals surface area contributed by atoms with Gasteiger partial charge in [0.05, 0.1) is 5.00 Å². The zero-order chi connectivity index (χ0) is 14.1. The van der Waals surface area contributed by atoms with Gasteiger partial charge in [-0.05, 0) is 62.5 Å². The number of rotatable bonds is 3. The molecular weight excluding hydrogens is 268 g/mol. The minimum Gasteiger partial charge on any atom is -0.327 e. The Hall–Kier alpha value is -0.870. The van der Waals surface area contributed by atoms with Gasteiger partial charge in [-0.3, -0.25) is 4.79 Å². The molecule has 1 aromatic rings. The van der Waals surface area contributed by atoms with Gasteiger partial charge in [-0.25, -0.2) is 0 Å². The Kier molecular flexibility index (Phi) is 4.13. The predicted molar refractivity (Wildman–Crippen MR) is 84.3 cm³/mol. The van der Waals surface area contributed by atoms with Crippen molar-refractivity contribution in [3.8, 4) is 0 Å². The lowest BCUT2D eigenvalue weighted by Gasteiger charge is -2.14. The highest BCUT2D eigenvalue weighted by atomic mass is 32.1. The lowest BCUT2D eigenvalue weighted by molar-refractivity contribution is -0.117. The summed E-state index contributed by atoms with van der Waals surface area (Å²) in [5.74, 6) is 0.527. The molecule has 1 saturated carbocycles. The number of hydrogen-bond donors (Lipinski definition) is 2. The highest BCUT2D eigenvalue weighted by Crippen LogP contribution is 2.37. The van der Waals surface area contributed by atoms with Crippen molar-refractivity contribution in [2.24, 2.45) is 11.7 Å². The van der Waals surface area contributed by atoms with Gasteiger partial charge in [-0.1, -0.05) is 6.42 Å². The van der Waals surface area contributed by atoms with Crippen molar-refractivity contribution in [2.45, 2.75) is 64.3 Å². The van der Waals surface area contributed by atoms with E-state index < -0.39 is 0 Å². The first-order valence-corrected chi connectivity index (χ1v) is 8.63. The molecule has 110 valence electrons. The van der Waals surface area contributed by atoms with Crippen molar-refractivity contribution in [3.63, 3.8) is 0 Å². The average molecular weight is 292 g/mol. The van der Waals surface area contributed by atoms with Crippen LogP contribution in [0.2, 0.25) is 0 Å².